The van der Waals surface area contributed by atoms with Crippen LogP contribution in [0.5, 0.6) is 5.75 Å². The van der Waals surface area contributed by atoms with Gasteiger partial charge in [0.15, 0.2) is 0 Å². The summed E-state index contributed by atoms with van der Waals surface area (Å²) < 4.78 is 26.3. The van der Waals surface area contributed by atoms with E-state index in [1.165, 1.54) is 24.1 Å². The zero-order valence-electron chi connectivity index (χ0n) is 18.1. The van der Waals surface area contributed by atoms with Crippen molar-refractivity contribution in [2.24, 2.45) is 16.8 Å². The van der Waals surface area contributed by atoms with Crippen LogP contribution in [0.15, 0.2) is 23.2 Å². The van der Waals surface area contributed by atoms with Crippen LogP contribution in [0.4, 0.5) is 9.18 Å². The molecule has 2 aliphatic heterocycles. The minimum Gasteiger partial charge on any atom is -0.508 e. The molecule has 2 amide bonds. The minimum atomic E-state index is -1.40. The molecule has 1 aliphatic carbocycles. The average molecular weight is 433 g/mol. The highest BCUT2D eigenvalue weighted by molar-refractivity contribution is 6.05. The van der Waals surface area contributed by atoms with E-state index in [4.69, 9.17) is 9.47 Å². The third-order valence-electron chi connectivity index (χ3n) is 5.99. The fourth-order valence-electron chi connectivity index (χ4n) is 4.32. The third kappa shape index (κ3) is 4.11. The van der Waals surface area contributed by atoms with Crippen molar-refractivity contribution in [1.29, 1.82) is 0 Å². The zero-order chi connectivity index (χ0) is 22.6. The second kappa shape index (κ2) is 7.47. The Hall–Kier alpha value is -2.68. The normalized spacial score (nSPS) is 28.6. The van der Waals surface area contributed by atoms with Gasteiger partial charge in [0, 0.05) is 12.6 Å². The first kappa shape index (κ1) is 21.5. The molecule has 1 saturated carbocycles. The van der Waals surface area contributed by atoms with Gasteiger partial charge in [-0.05, 0) is 64.2 Å². The van der Waals surface area contributed by atoms with Gasteiger partial charge >= 0.3 is 6.09 Å². The summed E-state index contributed by atoms with van der Waals surface area (Å²) in [5, 5.41) is 12.5. The standard InChI is InChI=1S/C22H28FN3O5/c1-21(2,3)31-20(29)24-19-25-22(14-9-13(27)7-8-16(14)23)11-30-17(12-5-6-12)10-15(22)18(28)26(19)4/h7-9,12,15,17,27H,5-6,10-11H2,1-4H3,(H,24,25,29)/t15-,17+,22+/m0/s1. The number of nitrogens with one attached hydrogen (secondary N) is 1. The summed E-state index contributed by atoms with van der Waals surface area (Å²) in [5.41, 5.74) is -2.08. The maximum absolute atomic E-state index is 15.0. The molecule has 1 aromatic rings. The Bertz CT molecular complexity index is 940. The van der Waals surface area contributed by atoms with Crippen LogP contribution >= 0.6 is 0 Å². The molecular formula is C22H28FN3O5. The number of aliphatic imine (C=N–C) groups is 1. The van der Waals surface area contributed by atoms with Gasteiger partial charge in [-0.15, -0.1) is 0 Å². The zero-order valence-corrected chi connectivity index (χ0v) is 18.1. The van der Waals surface area contributed by atoms with Gasteiger partial charge in [-0.3, -0.25) is 15.0 Å². The fourth-order valence-corrected chi connectivity index (χ4v) is 4.32. The smallest absolute Gasteiger partial charge is 0.414 e. The van der Waals surface area contributed by atoms with E-state index < -0.39 is 29.0 Å². The molecule has 168 valence electrons. The number of alkyl carbamates (subject to hydrolysis) is 1. The van der Waals surface area contributed by atoms with Crippen molar-refractivity contribution in [3.8, 4) is 5.75 Å². The number of phenols is 1. The van der Waals surface area contributed by atoms with Gasteiger partial charge in [-0.1, -0.05) is 0 Å². The highest BCUT2D eigenvalue weighted by atomic mass is 19.1. The predicted octanol–water partition coefficient (Wildman–Crippen LogP) is 2.89. The van der Waals surface area contributed by atoms with Crippen molar-refractivity contribution in [3.05, 3.63) is 29.6 Å². The van der Waals surface area contributed by atoms with Gasteiger partial charge in [0.2, 0.25) is 11.9 Å². The number of ether oxygens (including phenoxy) is 2. The molecule has 1 aromatic carbocycles. The summed E-state index contributed by atoms with van der Waals surface area (Å²) in [5.74, 6) is -1.37. The van der Waals surface area contributed by atoms with E-state index in [-0.39, 0.29) is 35.9 Å². The Morgan fingerprint density at radius 1 is 1.39 bits per heavy atom. The molecule has 2 heterocycles. The Labute approximate surface area is 180 Å². The molecule has 9 heteroatoms. The summed E-state index contributed by atoms with van der Waals surface area (Å²) >= 11 is 0. The summed E-state index contributed by atoms with van der Waals surface area (Å²) in [7, 11) is 1.52. The van der Waals surface area contributed by atoms with Crippen molar-refractivity contribution < 1.29 is 28.6 Å². The van der Waals surface area contributed by atoms with Crippen LogP contribution in [0.1, 0.15) is 45.6 Å². The number of hydrogen-bond donors (Lipinski definition) is 2. The van der Waals surface area contributed by atoms with Crippen LogP contribution in [-0.2, 0) is 19.8 Å². The van der Waals surface area contributed by atoms with Gasteiger partial charge < -0.3 is 14.6 Å². The SMILES string of the molecule is CN1C(=O)[C@@H]2C[C@H](C3CC3)OC[C@]2(c2cc(O)ccc2F)N=C1NC(=O)OC(C)(C)C. The van der Waals surface area contributed by atoms with Gasteiger partial charge in [0.1, 0.15) is 22.7 Å². The van der Waals surface area contributed by atoms with Crippen LogP contribution < -0.4 is 5.32 Å². The number of carbonyl (C=O) groups is 2. The summed E-state index contributed by atoms with van der Waals surface area (Å²) in [6, 6.07) is 3.65. The van der Waals surface area contributed by atoms with E-state index in [1.54, 1.807) is 20.8 Å². The molecule has 8 nitrogen and oxygen atoms in total. The quantitative estimate of drug-likeness (QED) is 0.747. The molecule has 3 atom stereocenters. The van der Waals surface area contributed by atoms with E-state index >= 15 is 0 Å². The Kier molecular flexibility index (Phi) is 5.20. The second-order valence-corrected chi connectivity index (χ2v) is 9.52. The number of aromatic hydroxyl groups is 1. The fraction of sp³-hybridized carbons (Fsp3) is 0.591. The Morgan fingerprint density at radius 3 is 2.74 bits per heavy atom. The molecule has 0 spiro atoms. The van der Waals surface area contributed by atoms with Crippen molar-refractivity contribution in [1.82, 2.24) is 10.2 Å². The van der Waals surface area contributed by atoms with Crippen molar-refractivity contribution in [2.45, 2.75) is 57.3 Å². The molecule has 2 fully saturated rings. The van der Waals surface area contributed by atoms with E-state index in [2.05, 4.69) is 10.3 Å². The van der Waals surface area contributed by atoms with Crippen molar-refractivity contribution in [2.75, 3.05) is 13.7 Å². The molecule has 2 N–H and O–H groups in total. The molecule has 3 aliphatic rings. The van der Waals surface area contributed by atoms with Gasteiger partial charge in [0.05, 0.1) is 18.6 Å². The first-order valence-corrected chi connectivity index (χ1v) is 10.5. The average Bonchev–Trinajstić information content (AvgIpc) is 3.51. The number of guanidine groups is 1. The number of rotatable bonds is 2. The van der Waals surface area contributed by atoms with Crippen LogP contribution in [0.2, 0.25) is 0 Å². The monoisotopic (exact) mass is 433 g/mol. The lowest BCUT2D eigenvalue weighted by Gasteiger charge is -2.48. The van der Waals surface area contributed by atoms with Crippen molar-refractivity contribution >= 4 is 18.0 Å². The third-order valence-corrected chi connectivity index (χ3v) is 5.99. The molecule has 0 aromatic heterocycles. The number of carbonyl (C=O) groups excluding carboxylic acids is 2. The Balaban J connectivity index is 1.77. The van der Waals surface area contributed by atoms with Crippen LogP contribution in [0.3, 0.4) is 0 Å². The van der Waals surface area contributed by atoms with Crippen LogP contribution in [0, 0.1) is 17.7 Å². The van der Waals surface area contributed by atoms with Gasteiger partial charge in [0.25, 0.3) is 0 Å². The molecule has 4 rings (SSSR count). The number of hydrogen-bond acceptors (Lipinski definition) is 6. The number of fused-ring (bicyclic) bond motifs is 1. The Morgan fingerprint density at radius 2 is 2.10 bits per heavy atom. The molecule has 0 bridgehead atoms. The van der Waals surface area contributed by atoms with Gasteiger partial charge in [-0.2, -0.15) is 0 Å². The van der Waals surface area contributed by atoms with Crippen LogP contribution in [0.25, 0.3) is 0 Å². The number of halogens is 1. The molecule has 0 radical (unpaired) electrons. The molecular weight excluding hydrogens is 405 g/mol. The van der Waals surface area contributed by atoms with E-state index in [0.29, 0.717) is 12.3 Å². The maximum atomic E-state index is 15.0. The van der Waals surface area contributed by atoms with Crippen LogP contribution in [-0.4, -0.2) is 53.3 Å². The van der Waals surface area contributed by atoms with Gasteiger partial charge in [-0.25, -0.2) is 14.2 Å². The molecule has 31 heavy (non-hydrogen) atoms. The van der Waals surface area contributed by atoms with E-state index in [9.17, 15) is 19.1 Å². The summed E-state index contributed by atoms with van der Waals surface area (Å²) in [6.45, 7) is 5.13. The largest absolute Gasteiger partial charge is 0.508 e. The lowest BCUT2D eigenvalue weighted by molar-refractivity contribution is -0.146. The minimum absolute atomic E-state index is 0.0295. The number of benzene rings is 1. The number of nitrogens with zero attached hydrogens (tertiary/aromatic N) is 2. The first-order valence-electron chi connectivity index (χ1n) is 10.5. The summed E-state index contributed by atoms with van der Waals surface area (Å²) in [6.07, 6.45) is 1.62. The highest BCUT2D eigenvalue weighted by Gasteiger charge is 2.56. The topological polar surface area (TPSA) is 100 Å². The van der Waals surface area contributed by atoms with E-state index in [1.807, 2.05) is 0 Å². The first-order chi connectivity index (χ1) is 14.5. The molecule has 1 saturated heterocycles. The second-order valence-electron chi connectivity index (χ2n) is 9.52. The number of amides is 2. The lowest BCUT2D eigenvalue weighted by atomic mass is 9.72. The predicted molar refractivity (Wildman–Crippen MR) is 110 cm³/mol. The number of phenolic OH excluding ortho intramolecular Hbond substituents is 1. The highest BCUT2D eigenvalue weighted by Crippen LogP contribution is 2.49. The molecule has 0 unspecified atom stereocenters. The van der Waals surface area contributed by atoms with E-state index in [0.717, 1.165) is 18.9 Å². The van der Waals surface area contributed by atoms with Crippen molar-refractivity contribution in [3.63, 3.8) is 0 Å². The maximum Gasteiger partial charge on any atom is 0.414 e. The summed E-state index contributed by atoms with van der Waals surface area (Å²) in [4.78, 5) is 31.7. The lowest BCUT2D eigenvalue weighted by Crippen LogP contribution is -2.61.